The van der Waals surface area contributed by atoms with Crippen LogP contribution in [0.2, 0.25) is 0 Å². The monoisotopic (exact) mass is 232 g/mol. The third kappa shape index (κ3) is 4.17. The van der Waals surface area contributed by atoms with Crippen LogP contribution in [-0.4, -0.2) is 24.1 Å². The minimum atomic E-state index is -0.233. The van der Waals surface area contributed by atoms with Gasteiger partial charge in [0.15, 0.2) is 0 Å². The highest BCUT2D eigenvalue weighted by Gasteiger charge is 2.06. The molecule has 17 heavy (non-hydrogen) atoms. The van der Waals surface area contributed by atoms with Crippen LogP contribution in [0, 0.1) is 12.3 Å². The van der Waals surface area contributed by atoms with Crippen molar-refractivity contribution in [3.63, 3.8) is 0 Å². The maximum absolute atomic E-state index is 11.5. The molecule has 0 radical (unpaired) electrons. The molecule has 1 aromatic rings. The largest absolute Gasteiger partial charge is 0.506 e. The fourth-order valence-corrected chi connectivity index (χ4v) is 1.35. The summed E-state index contributed by atoms with van der Waals surface area (Å²) in [6, 6.07) is 5.15. The smallest absolute Gasteiger partial charge is 0.238 e. The van der Waals surface area contributed by atoms with Crippen LogP contribution in [0.4, 0.5) is 5.69 Å². The molecule has 1 aromatic carbocycles. The zero-order chi connectivity index (χ0) is 12.7. The quantitative estimate of drug-likeness (QED) is 0.405. The fraction of sp³-hybridized carbons (Fsp3) is 0.308. The average molecular weight is 232 g/mol. The Morgan fingerprint density at radius 1 is 1.53 bits per heavy atom. The van der Waals surface area contributed by atoms with Crippen LogP contribution in [0.25, 0.3) is 0 Å². The maximum atomic E-state index is 11.5. The summed E-state index contributed by atoms with van der Waals surface area (Å²) in [6.45, 7) is 2.47. The zero-order valence-corrected chi connectivity index (χ0v) is 9.79. The van der Waals surface area contributed by atoms with Gasteiger partial charge in [0.25, 0.3) is 0 Å². The number of amides is 1. The lowest BCUT2D eigenvalue weighted by molar-refractivity contribution is -0.115. The molecule has 0 heterocycles. The number of carbonyl (C=O) groups excluding carboxylic acids is 1. The van der Waals surface area contributed by atoms with Crippen LogP contribution in [0.5, 0.6) is 5.75 Å². The van der Waals surface area contributed by atoms with Gasteiger partial charge in [0, 0.05) is 0 Å². The molecule has 3 N–H and O–H groups in total. The summed E-state index contributed by atoms with van der Waals surface area (Å²) in [5, 5.41) is 15.0. The van der Waals surface area contributed by atoms with E-state index in [9.17, 15) is 9.90 Å². The van der Waals surface area contributed by atoms with E-state index >= 15 is 0 Å². The zero-order valence-electron chi connectivity index (χ0n) is 9.79. The fourth-order valence-electron chi connectivity index (χ4n) is 1.35. The molecule has 4 nitrogen and oxygen atoms in total. The lowest BCUT2D eigenvalue weighted by Crippen LogP contribution is -2.28. The number of rotatable bonds is 5. The number of benzene rings is 1. The van der Waals surface area contributed by atoms with Crippen LogP contribution in [-0.2, 0) is 11.2 Å². The second-order valence-electron chi connectivity index (χ2n) is 3.56. The summed E-state index contributed by atoms with van der Waals surface area (Å²) in [5.41, 5.74) is 1.48. The van der Waals surface area contributed by atoms with Crippen molar-refractivity contribution in [3.05, 3.63) is 23.8 Å². The Morgan fingerprint density at radius 2 is 2.29 bits per heavy atom. The molecule has 0 aliphatic rings. The molecule has 0 saturated carbocycles. The van der Waals surface area contributed by atoms with Gasteiger partial charge in [0.05, 0.1) is 18.8 Å². The van der Waals surface area contributed by atoms with Gasteiger partial charge in [-0.1, -0.05) is 18.9 Å². The molecule has 4 heteroatoms. The second-order valence-corrected chi connectivity index (χ2v) is 3.56. The van der Waals surface area contributed by atoms with E-state index in [1.54, 1.807) is 12.1 Å². The lowest BCUT2D eigenvalue weighted by Gasteiger charge is -2.08. The van der Waals surface area contributed by atoms with Gasteiger partial charge in [-0.05, 0) is 24.1 Å². The third-order valence-electron chi connectivity index (χ3n) is 2.26. The van der Waals surface area contributed by atoms with Crippen molar-refractivity contribution in [1.29, 1.82) is 0 Å². The van der Waals surface area contributed by atoms with Gasteiger partial charge < -0.3 is 10.4 Å². The minimum Gasteiger partial charge on any atom is -0.506 e. The number of hydrogen-bond acceptors (Lipinski definition) is 3. The van der Waals surface area contributed by atoms with Gasteiger partial charge in [-0.3, -0.25) is 10.1 Å². The predicted molar refractivity (Wildman–Crippen MR) is 67.8 cm³/mol. The number of phenolic OH excluding ortho intramolecular Hbond substituents is 1. The second kappa shape index (κ2) is 6.56. The van der Waals surface area contributed by atoms with Crippen LogP contribution < -0.4 is 10.6 Å². The van der Waals surface area contributed by atoms with E-state index in [2.05, 4.69) is 16.6 Å². The Balaban J connectivity index is 2.61. The van der Waals surface area contributed by atoms with Crippen molar-refractivity contribution < 1.29 is 9.90 Å². The van der Waals surface area contributed by atoms with Crippen molar-refractivity contribution in [3.8, 4) is 18.1 Å². The first kappa shape index (κ1) is 13.1. The molecule has 1 rings (SSSR count). The predicted octanol–water partition coefficient (Wildman–Crippen LogP) is 1.12. The first-order valence-electron chi connectivity index (χ1n) is 5.43. The standard InChI is InChI=1S/C13H16N2O2/c1-3-7-14-9-13(17)15-11-8-10(4-2)5-6-12(11)16/h1,5-6,8,14,16H,4,7,9H2,2H3,(H,15,17). The van der Waals surface area contributed by atoms with Gasteiger partial charge in [-0.25, -0.2) is 0 Å². The van der Waals surface area contributed by atoms with E-state index in [-0.39, 0.29) is 18.2 Å². The van der Waals surface area contributed by atoms with Crippen LogP contribution in [0.15, 0.2) is 18.2 Å². The summed E-state index contributed by atoms with van der Waals surface area (Å²) in [4.78, 5) is 11.5. The molecule has 90 valence electrons. The van der Waals surface area contributed by atoms with Crippen molar-refractivity contribution in [1.82, 2.24) is 5.32 Å². The lowest BCUT2D eigenvalue weighted by atomic mass is 10.1. The average Bonchev–Trinajstić information content (AvgIpc) is 2.32. The van der Waals surface area contributed by atoms with E-state index in [0.717, 1.165) is 12.0 Å². The van der Waals surface area contributed by atoms with Gasteiger partial charge in [0.1, 0.15) is 5.75 Å². The molecule has 0 aliphatic heterocycles. The Kier molecular flexibility index (Phi) is 5.05. The highest BCUT2D eigenvalue weighted by atomic mass is 16.3. The number of terminal acetylenes is 1. The molecule has 0 aromatic heterocycles. The molecule has 0 saturated heterocycles. The third-order valence-corrected chi connectivity index (χ3v) is 2.26. The summed E-state index contributed by atoms with van der Waals surface area (Å²) < 4.78 is 0. The number of anilines is 1. The summed E-state index contributed by atoms with van der Waals surface area (Å²) in [7, 11) is 0. The van der Waals surface area contributed by atoms with Crippen molar-refractivity contribution in [2.45, 2.75) is 13.3 Å². The number of aryl methyl sites for hydroxylation is 1. The highest BCUT2D eigenvalue weighted by Crippen LogP contribution is 2.24. The van der Waals surface area contributed by atoms with Crippen molar-refractivity contribution >= 4 is 11.6 Å². The number of phenols is 1. The maximum Gasteiger partial charge on any atom is 0.238 e. The number of hydrogen-bond donors (Lipinski definition) is 3. The van der Waals surface area contributed by atoms with E-state index < -0.39 is 0 Å². The SMILES string of the molecule is C#CCNCC(=O)Nc1cc(CC)ccc1O. The van der Waals surface area contributed by atoms with Crippen LogP contribution in [0.1, 0.15) is 12.5 Å². The summed E-state index contributed by atoms with van der Waals surface area (Å²) >= 11 is 0. The van der Waals surface area contributed by atoms with Gasteiger partial charge in [0.2, 0.25) is 5.91 Å². The minimum absolute atomic E-state index is 0.0625. The molecular formula is C13H16N2O2. The Morgan fingerprint density at radius 3 is 2.94 bits per heavy atom. The van der Waals surface area contributed by atoms with E-state index in [0.29, 0.717) is 12.2 Å². The number of aromatic hydroxyl groups is 1. The van der Waals surface area contributed by atoms with Crippen molar-refractivity contribution in [2.24, 2.45) is 0 Å². The highest BCUT2D eigenvalue weighted by molar-refractivity contribution is 5.93. The van der Waals surface area contributed by atoms with Gasteiger partial charge in [-0.2, -0.15) is 0 Å². The summed E-state index contributed by atoms with van der Waals surface area (Å²) in [5.74, 6) is 2.21. The molecule has 0 bridgehead atoms. The first-order valence-corrected chi connectivity index (χ1v) is 5.43. The van der Waals surface area contributed by atoms with E-state index in [4.69, 9.17) is 6.42 Å². The van der Waals surface area contributed by atoms with Gasteiger partial charge in [-0.15, -0.1) is 6.42 Å². The molecule has 0 unspecified atom stereocenters. The molecule has 0 aliphatic carbocycles. The first-order chi connectivity index (χ1) is 8.17. The Labute approximate surface area is 101 Å². The Bertz CT molecular complexity index is 436. The molecule has 0 fully saturated rings. The van der Waals surface area contributed by atoms with Crippen LogP contribution >= 0.6 is 0 Å². The normalized spacial score (nSPS) is 9.65. The Hall–Kier alpha value is -1.99. The molecule has 1 amide bonds. The van der Waals surface area contributed by atoms with Crippen LogP contribution in [0.3, 0.4) is 0 Å². The molecule has 0 spiro atoms. The number of nitrogens with one attached hydrogen (secondary N) is 2. The molecule has 0 atom stereocenters. The summed E-state index contributed by atoms with van der Waals surface area (Å²) in [6.07, 6.45) is 5.89. The number of carbonyl (C=O) groups is 1. The molecular weight excluding hydrogens is 216 g/mol. The van der Waals surface area contributed by atoms with Crippen molar-refractivity contribution in [2.75, 3.05) is 18.4 Å². The van der Waals surface area contributed by atoms with E-state index in [1.807, 2.05) is 13.0 Å². The van der Waals surface area contributed by atoms with Gasteiger partial charge >= 0.3 is 0 Å². The van der Waals surface area contributed by atoms with E-state index in [1.165, 1.54) is 0 Å². The topological polar surface area (TPSA) is 61.4 Å².